The Balaban J connectivity index is 1.47. The van der Waals surface area contributed by atoms with Crippen LogP contribution in [0, 0.1) is 0 Å². The number of pyridine rings is 1. The number of hydrogen-bond donors (Lipinski definition) is 2. The summed E-state index contributed by atoms with van der Waals surface area (Å²) in [5.74, 6) is -1.67. The van der Waals surface area contributed by atoms with E-state index in [2.05, 4.69) is 4.98 Å². The molecule has 2 aliphatic rings. The maximum atomic E-state index is 13.9. The zero-order valence-electron chi connectivity index (χ0n) is 21.4. The number of carbonyl (C=O) groups excluding carboxylic acids is 4. The Kier molecular flexibility index (Phi) is 7.31. The van der Waals surface area contributed by atoms with Crippen LogP contribution in [0.1, 0.15) is 40.2 Å². The van der Waals surface area contributed by atoms with Gasteiger partial charge in [-0.25, -0.2) is 9.59 Å². The van der Waals surface area contributed by atoms with E-state index in [0.29, 0.717) is 11.3 Å². The van der Waals surface area contributed by atoms with Crippen molar-refractivity contribution in [3.05, 3.63) is 107 Å². The van der Waals surface area contributed by atoms with E-state index in [9.17, 15) is 19.2 Å². The van der Waals surface area contributed by atoms with E-state index in [-0.39, 0.29) is 12.2 Å². The second kappa shape index (κ2) is 10.9. The first-order valence-electron chi connectivity index (χ1n) is 12.4. The fourth-order valence-electron chi connectivity index (χ4n) is 4.86. The number of β-lactam (4-membered cyclic amide) rings is 1. The summed E-state index contributed by atoms with van der Waals surface area (Å²) in [4.78, 5) is 56.0. The van der Waals surface area contributed by atoms with Crippen molar-refractivity contribution in [3.63, 3.8) is 0 Å². The van der Waals surface area contributed by atoms with Gasteiger partial charge in [0.15, 0.2) is 6.10 Å². The van der Waals surface area contributed by atoms with Gasteiger partial charge in [-0.3, -0.25) is 14.6 Å². The molecule has 2 saturated heterocycles. The number of benzene rings is 2. The van der Waals surface area contributed by atoms with Gasteiger partial charge in [-0.15, -0.1) is 11.8 Å². The van der Waals surface area contributed by atoms with E-state index >= 15 is 0 Å². The Bertz CT molecular complexity index is 1460. The van der Waals surface area contributed by atoms with Crippen LogP contribution in [0.15, 0.2) is 84.6 Å². The summed E-state index contributed by atoms with van der Waals surface area (Å²) in [5.41, 5.74) is 13.1. The minimum Gasteiger partial charge on any atom is -0.451 e. The lowest BCUT2D eigenvalue weighted by molar-refractivity contribution is -0.161. The zero-order valence-corrected chi connectivity index (χ0v) is 22.2. The van der Waals surface area contributed by atoms with Crippen LogP contribution in [0.2, 0.25) is 0 Å². The number of primary amides is 2. The Morgan fingerprint density at radius 3 is 2.25 bits per heavy atom. The van der Waals surface area contributed by atoms with Crippen molar-refractivity contribution in [2.24, 2.45) is 11.5 Å². The summed E-state index contributed by atoms with van der Waals surface area (Å²) in [6.45, 7) is 1.50. The lowest BCUT2D eigenvalue weighted by Gasteiger charge is -2.40. The first-order chi connectivity index (χ1) is 19.2. The average molecular weight is 559 g/mol. The third-order valence-electron chi connectivity index (χ3n) is 6.77. The van der Waals surface area contributed by atoms with E-state index in [1.54, 1.807) is 13.0 Å². The van der Waals surface area contributed by atoms with Gasteiger partial charge in [0, 0.05) is 11.8 Å². The third kappa shape index (κ3) is 5.15. The minimum atomic E-state index is -1.08. The summed E-state index contributed by atoms with van der Waals surface area (Å²) in [6.07, 6.45) is 1.26. The van der Waals surface area contributed by atoms with Crippen molar-refractivity contribution in [3.8, 4) is 0 Å². The molecule has 2 aromatic carbocycles. The topological polar surface area (TPSA) is 155 Å². The monoisotopic (exact) mass is 558 g/mol. The number of aromatic nitrogens is 1. The lowest BCUT2D eigenvalue weighted by atomic mass is 9.93. The molecule has 40 heavy (non-hydrogen) atoms. The number of rotatable bonds is 8. The van der Waals surface area contributed by atoms with Crippen LogP contribution in [-0.4, -0.2) is 56.5 Å². The van der Waals surface area contributed by atoms with Gasteiger partial charge >= 0.3 is 12.1 Å². The molecule has 10 nitrogen and oxygen atoms in total. The molecule has 1 aromatic heterocycles. The largest absolute Gasteiger partial charge is 0.451 e. The van der Waals surface area contributed by atoms with Gasteiger partial charge in [-0.1, -0.05) is 60.7 Å². The van der Waals surface area contributed by atoms with Crippen molar-refractivity contribution >= 4 is 41.7 Å². The molecule has 3 aromatic rings. The summed E-state index contributed by atoms with van der Waals surface area (Å²) in [5, 5.41) is -0.544. The molecule has 3 amide bonds. The molecule has 0 radical (unpaired) electrons. The number of thioether (sulfide) groups is 1. The van der Waals surface area contributed by atoms with Crippen LogP contribution in [0.4, 0.5) is 4.79 Å². The zero-order chi connectivity index (χ0) is 28.4. The van der Waals surface area contributed by atoms with Gasteiger partial charge in [0.05, 0.1) is 16.0 Å². The Hall–Kier alpha value is -4.64. The van der Waals surface area contributed by atoms with Crippen LogP contribution in [0.3, 0.4) is 0 Å². The molecule has 3 atom stereocenters. The number of nitrogens with zero attached hydrogens (tertiary/aromatic N) is 2. The molecule has 2 aliphatic heterocycles. The van der Waals surface area contributed by atoms with Crippen LogP contribution >= 0.6 is 11.8 Å². The predicted molar refractivity (Wildman–Crippen MR) is 148 cm³/mol. The average Bonchev–Trinajstić information content (AvgIpc) is 3.24. The van der Waals surface area contributed by atoms with E-state index in [4.69, 9.17) is 20.9 Å². The van der Waals surface area contributed by atoms with Gasteiger partial charge in [0.1, 0.15) is 18.0 Å². The normalized spacial score (nSPS) is 22.5. The van der Waals surface area contributed by atoms with Gasteiger partial charge in [-0.2, -0.15) is 0 Å². The smallest absolute Gasteiger partial charge is 0.404 e. The maximum Gasteiger partial charge on any atom is 0.404 e. The fourth-order valence-corrected chi connectivity index (χ4v) is 6.46. The van der Waals surface area contributed by atoms with Crippen molar-refractivity contribution < 1.29 is 28.7 Å². The van der Waals surface area contributed by atoms with Crippen molar-refractivity contribution in [1.29, 1.82) is 0 Å². The van der Waals surface area contributed by atoms with Crippen molar-refractivity contribution in [2.45, 2.75) is 29.2 Å². The highest BCUT2D eigenvalue weighted by Crippen LogP contribution is 2.54. The highest BCUT2D eigenvalue weighted by molar-refractivity contribution is 8.02. The Morgan fingerprint density at radius 2 is 1.68 bits per heavy atom. The number of esters is 1. The molecule has 2 fully saturated rings. The molecule has 0 bridgehead atoms. The Morgan fingerprint density at radius 1 is 1.05 bits per heavy atom. The standard InChI is InChI=1S/C29H26N4O6S/c1-29(16-38-28(31)37)23(27(36)39-22(17-8-4-2-5-9-17)18-10-6-3-7-11-18)33-25(35)21(26(33)40-29)15-20-14-19(24(30)34)12-13-32-20/h2-15,22-23,26H,16H2,1H3,(H2,30,34)(H2,31,37)/b21-15-/t23-,26?,29-/m0/s1. The maximum absolute atomic E-state index is 13.9. The number of ether oxygens (including phenoxy) is 2. The first kappa shape index (κ1) is 26.9. The molecule has 204 valence electrons. The SMILES string of the molecule is C[C@@]1(COC(N)=O)SC2/C(=C\c3cc(C(N)=O)ccn3)C(=O)N2[C@H]1C(=O)OC(c1ccccc1)c1ccccc1. The predicted octanol–water partition coefficient (Wildman–Crippen LogP) is 3.03. The fraction of sp³-hybridized carbons (Fsp3) is 0.207. The number of hydrogen-bond acceptors (Lipinski definition) is 8. The molecule has 0 spiro atoms. The molecule has 0 aliphatic carbocycles. The Labute approximate surface area is 234 Å². The molecular formula is C29H26N4O6S. The number of nitrogens with two attached hydrogens (primary N) is 2. The quantitative estimate of drug-likeness (QED) is 0.243. The molecule has 3 heterocycles. The number of amides is 3. The van der Waals surface area contributed by atoms with Crippen LogP contribution in [-0.2, 0) is 19.1 Å². The van der Waals surface area contributed by atoms with Gasteiger partial charge in [0.2, 0.25) is 5.91 Å². The highest BCUT2D eigenvalue weighted by atomic mass is 32.2. The summed E-state index contributed by atoms with van der Waals surface area (Å²) in [6, 6.07) is 20.4. The van der Waals surface area contributed by atoms with Crippen LogP contribution in [0.5, 0.6) is 0 Å². The molecule has 0 saturated carbocycles. The van der Waals surface area contributed by atoms with Crippen LogP contribution < -0.4 is 11.5 Å². The lowest BCUT2D eigenvalue weighted by Crippen LogP contribution is -2.60. The van der Waals surface area contributed by atoms with Gasteiger partial charge in [-0.05, 0) is 36.3 Å². The third-order valence-corrected chi connectivity index (χ3v) is 8.35. The highest BCUT2D eigenvalue weighted by Gasteiger charge is 2.64. The summed E-state index contributed by atoms with van der Waals surface area (Å²) in [7, 11) is 0. The van der Waals surface area contributed by atoms with E-state index in [1.807, 2.05) is 60.7 Å². The minimum absolute atomic E-state index is 0.225. The van der Waals surface area contributed by atoms with Crippen LogP contribution in [0.25, 0.3) is 6.08 Å². The van der Waals surface area contributed by atoms with Gasteiger partial charge in [0.25, 0.3) is 5.91 Å². The molecule has 1 unspecified atom stereocenters. The molecule has 4 N–H and O–H groups in total. The molecule has 5 rings (SSSR count). The second-order valence-corrected chi connectivity index (χ2v) is 11.2. The van der Waals surface area contributed by atoms with Crippen molar-refractivity contribution in [2.75, 3.05) is 6.61 Å². The van der Waals surface area contributed by atoms with Crippen molar-refractivity contribution in [1.82, 2.24) is 9.88 Å². The van der Waals surface area contributed by atoms with Gasteiger partial charge < -0.3 is 25.8 Å². The van der Waals surface area contributed by atoms with E-state index < -0.39 is 46.1 Å². The number of fused-ring (bicyclic) bond motifs is 1. The number of carbonyl (C=O) groups is 4. The second-order valence-electron chi connectivity index (χ2n) is 9.58. The summed E-state index contributed by atoms with van der Waals surface area (Å²) < 4.78 is 10.2. The van der Waals surface area contributed by atoms with E-state index in [1.165, 1.54) is 35.0 Å². The summed E-state index contributed by atoms with van der Waals surface area (Å²) >= 11 is 1.29. The molecular weight excluding hydrogens is 532 g/mol. The molecule has 11 heteroatoms. The van der Waals surface area contributed by atoms with E-state index in [0.717, 1.165) is 11.1 Å². The first-order valence-corrected chi connectivity index (χ1v) is 13.3.